The van der Waals surface area contributed by atoms with E-state index in [4.69, 9.17) is 0 Å². The Balaban J connectivity index is 1.73. The van der Waals surface area contributed by atoms with E-state index in [-0.39, 0.29) is 11.9 Å². The normalized spacial score (nSPS) is 17.9. The number of hydrogen-bond acceptors (Lipinski definition) is 1. The van der Waals surface area contributed by atoms with Crippen molar-refractivity contribution in [3.8, 4) is 0 Å². The van der Waals surface area contributed by atoms with E-state index >= 15 is 0 Å². The van der Waals surface area contributed by atoms with Crippen molar-refractivity contribution < 1.29 is 4.39 Å². The third-order valence-electron chi connectivity index (χ3n) is 5.01. The van der Waals surface area contributed by atoms with Gasteiger partial charge in [-0.2, -0.15) is 0 Å². The van der Waals surface area contributed by atoms with Gasteiger partial charge < -0.3 is 4.57 Å². The largest absolute Gasteiger partial charge is 0.350 e. The molecule has 128 valence electrons. The van der Waals surface area contributed by atoms with Crippen molar-refractivity contribution in [3.05, 3.63) is 95.1 Å². The van der Waals surface area contributed by atoms with Crippen LogP contribution in [-0.2, 0) is 13.1 Å². The van der Waals surface area contributed by atoms with Gasteiger partial charge in [0.05, 0.1) is 6.04 Å². The van der Waals surface area contributed by atoms with Crippen LogP contribution in [0.1, 0.15) is 34.8 Å². The van der Waals surface area contributed by atoms with E-state index in [1.807, 2.05) is 12.1 Å². The fourth-order valence-corrected chi connectivity index (χ4v) is 3.88. The number of fused-ring (bicyclic) bond motifs is 1. The van der Waals surface area contributed by atoms with Crippen LogP contribution in [-0.4, -0.2) is 16.0 Å². The minimum absolute atomic E-state index is 0.151. The third-order valence-corrected chi connectivity index (χ3v) is 5.01. The Morgan fingerprint density at radius 2 is 1.84 bits per heavy atom. The Hall–Kier alpha value is -2.39. The smallest absolute Gasteiger partial charge is 0.123 e. The Labute approximate surface area is 148 Å². The highest BCUT2D eigenvalue weighted by atomic mass is 19.1. The summed E-state index contributed by atoms with van der Waals surface area (Å²) in [5.74, 6) is -0.182. The van der Waals surface area contributed by atoms with Gasteiger partial charge in [0.2, 0.25) is 0 Å². The van der Waals surface area contributed by atoms with Gasteiger partial charge in [0.15, 0.2) is 0 Å². The first kappa shape index (κ1) is 16.1. The molecule has 4 rings (SSSR count). The molecular weight excluding hydrogens is 311 g/mol. The van der Waals surface area contributed by atoms with E-state index in [9.17, 15) is 4.39 Å². The lowest BCUT2D eigenvalue weighted by Crippen LogP contribution is -2.29. The highest BCUT2D eigenvalue weighted by Gasteiger charge is 2.27. The summed E-state index contributed by atoms with van der Waals surface area (Å²) < 4.78 is 15.8. The molecule has 0 fully saturated rings. The number of halogens is 1. The maximum Gasteiger partial charge on any atom is 0.123 e. The molecule has 0 saturated heterocycles. The van der Waals surface area contributed by atoms with Crippen LogP contribution in [0.5, 0.6) is 0 Å². The van der Waals surface area contributed by atoms with Gasteiger partial charge in [0, 0.05) is 31.5 Å². The van der Waals surface area contributed by atoms with Gasteiger partial charge in [-0.15, -0.1) is 0 Å². The SMILES string of the molecule is Cc1cccc(CN2CCCn3cccc3[C@H]2c2ccc(F)cc2)c1. The molecule has 25 heavy (non-hydrogen) atoms. The molecule has 2 aromatic carbocycles. The summed E-state index contributed by atoms with van der Waals surface area (Å²) in [5.41, 5.74) is 5.05. The summed E-state index contributed by atoms with van der Waals surface area (Å²) in [5, 5.41) is 0. The summed E-state index contributed by atoms with van der Waals surface area (Å²) >= 11 is 0. The van der Waals surface area contributed by atoms with Crippen molar-refractivity contribution in [2.75, 3.05) is 6.54 Å². The molecule has 2 heterocycles. The molecule has 2 nitrogen and oxygen atoms in total. The molecule has 0 saturated carbocycles. The van der Waals surface area contributed by atoms with E-state index in [0.717, 1.165) is 31.6 Å². The number of rotatable bonds is 3. The number of aromatic nitrogens is 1. The highest BCUT2D eigenvalue weighted by Crippen LogP contribution is 2.33. The Kier molecular flexibility index (Phi) is 4.41. The van der Waals surface area contributed by atoms with Crippen molar-refractivity contribution >= 4 is 0 Å². The molecular formula is C22H23FN2. The van der Waals surface area contributed by atoms with E-state index in [1.165, 1.54) is 16.8 Å². The molecule has 0 aliphatic carbocycles. The summed E-state index contributed by atoms with van der Waals surface area (Å²) in [6.45, 7) is 5.09. The van der Waals surface area contributed by atoms with Crippen molar-refractivity contribution in [2.24, 2.45) is 0 Å². The van der Waals surface area contributed by atoms with Gasteiger partial charge in [0.1, 0.15) is 5.82 Å². The first-order valence-corrected chi connectivity index (χ1v) is 8.91. The van der Waals surface area contributed by atoms with Gasteiger partial charge in [-0.3, -0.25) is 4.90 Å². The molecule has 0 unspecified atom stereocenters. The second-order valence-electron chi connectivity index (χ2n) is 6.89. The van der Waals surface area contributed by atoms with E-state index in [0.29, 0.717) is 0 Å². The van der Waals surface area contributed by atoms with E-state index in [2.05, 4.69) is 59.0 Å². The second-order valence-corrected chi connectivity index (χ2v) is 6.89. The van der Waals surface area contributed by atoms with E-state index in [1.54, 1.807) is 12.1 Å². The Morgan fingerprint density at radius 3 is 2.64 bits per heavy atom. The fraction of sp³-hybridized carbons (Fsp3) is 0.273. The molecule has 1 atom stereocenters. The summed E-state index contributed by atoms with van der Waals surface area (Å²) in [6, 6.07) is 20.1. The predicted molar refractivity (Wildman–Crippen MR) is 98.9 cm³/mol. The Morgan fingerprint density at radius 1 is 1.00 bits per heavy atom. The van der Waals surface area contributed by atoms with Crippen LogP contribution in [0, 0.1) is 12.7 Å². The molecule has 0 spiro atoms. The van der Waals surface area contributed by atoms with Crippen molar-refractivity contribution in [1.29, 1.82) is 0 Å². The standard InChI is InChI=1S/C22H23FN2/c1-17-5-2-6-18(15-17)16-25-14-4-13-24-12-3-7-21(24)22(25)19-8-10-20(23)11-9-19/h2-3,5-12,15,22H,4,13-14,16H2,1H3/t22-/m1/s1. The van der Waals surface area contributed by atoms with Crippen LogP contribution in [0.4, 0.5) is 4.39 Å². The minimum atomic E-state index is -0.182. The number of aryl methyl sites for hydroxylation is 2. The van der Waals surface area contributed by atoms with Gasteiger partial charge in [-0.25, -0.2) is 4.39 Å². The van der Waals surface area contributed by atoms with Gasteiger partial charge >= 0.3 is 0 Å². The van der Waals surface area contributed by atoms with E-state index < -0.39 is 0 Å². The highest BCUT2D eigenvalue weighted by molar-refractivity contribution is 5.31. The van der Waals surface area contributed by atoms with Gasteiger partial charge in [-0.05, 0) is 48.7 Å². The zero-order valence-corrected chi connectivity index (χ0v) is 14.5. The topological polar surface area (TPSA) is 8.17 Å². The molecule has 0 amide bonds. The number of nitrogens with zero attached hydrogens (tertiary/aromatic N) is 2. The zero-order valence-electron chi connectivity index (χ0n) is 14.5. The Bertz CT molecular complexity index is 850. The van der Waals surface area contributed by atoms with Gasteiger partial charge in [-0.1, -0.05) is 42.0 Å². The van der Waals surface area contributed by atoms with Crippen molar-refractivity contribution in [3.63, 3.8) is 0 Å². The number of hydrogen-bond donors (Lipinski definition) is 0. The van der Waals surface area contributed by atoms with Crippen LogP contribution >= 0.6 is 0 Å². The van der Waals surface area contributed by atoms with Crippen LogP contribution < -0.4 is 0 Å². The van der Waals surface area contributed by atoms with Crippen LogP contribution in [0.3, 0.4) is 0 Å². The molecule has 1 aromatic heterocycles. The molecule has 1 aliphatic heterocycles. The first-order valence-electron chi connectivity index (χ1n) is 8.91. The summed E-state index contributed by atoms with van der Waals surface area (Å²) in [6.07, 6.45) is 3.27. The lowest BCUT2D eigenvalue weighted by atomic mass is 10.0. The quantitative estimate of drug-likeness (QED) is 0.659. The van der Waals surface area contributed by atoms with Gasteiger partial charge in [0.25, 0.3) is 0 Å². The predicted octanol–water partition coefficient (Wildman–Crippen LogP) is 4.93. The molecule has 0 bridgehead atoms. The van der Waals surface area contributed by atoms with Crippen molar-refractivity contribution in [2.45, 2.75) is 32.5 Å². The average Bonchev–Trinajstić information content (AvgIpc) is 2.98. The lowest BCUT2D eigenvalue weighted by molar-refractivity contribution is 0.220. The molecule has 1 aliphatic rings. The maximum atomic E-state index is 13.4. The summed E-state index contributed by atoms with van der Waals surface area (Å²) in [4.78, 5) is 2.51. The average molecular weight is 334 g/mol. The second kappa shape index (κ2) is 6.85. The fourth-order valence-electron chi connectivity index (χ4n) is 3.88. The first-order chi connectivity index (χ1) is 12.2. The van der Waals surface area contributed by atoms with Crippen LogP contribution in [0.25, 0.3) is 0 Å². The van der Waals surface area contributed by atoms with Crippen LogP contribution in [0.15, 0.2) is 66.9 Å². The molecule has 0 radical (unpaired) electrons. The number of benzene rings is 2. The van der Waals surface area contributed by atoms with Crippen molar-refractivity contribution in [1.82, 2.24) is 9.47 Å². The monoisotopic (exact) mass is 334 g/mol. The third kappa shape index (κ3) is 3.38. The zero-order chi connectivity index (χ0) is 17.2. The van der Waals surface area contributed by atoms with Crippen LogP contribution in [0.2, 0.25) is 0 Å². The maximum absolute atomic E-state index is 13.4. The lowest BCUT2D eigenvalue weighted by Gasteiger charge is -2.30. The minimum Gasteiger partial charge on any atom is -0.350 e. The molecule has 0 N–H and O–H groups in total. The molecule has 3 aromatic rings. The molecule has 3 heteroatoms. The summed E-state index contributed by atoms with van der Waals surface area (Å²) in [7, 11) is 0.